The van der Waals surface area contributed by atoms with Crippen molar-refractivity contribution < 1.29 is 14.7 Å². The van der Waals surface area contributed by atoms with E-state index in [2.05, 4.69) is 4.98 Å². The highest BCUT2D eigenvalue weighted by atomic mass is 35.5. The van der Waals surface area contributed by atoms with Gasteiger partial charge in [-0.3, -0.25) is 14.6 Å². The van der Waals surface area contributed by atoms with Crippen molar-refractivity contribution in [3.63, 3.8) is 0 Å². The Hall–Kier alpha value is -3.15. The number of aryl methyl sites for hydroxylation is 2. The van der Waals surface area contributed by atoms with E-state index in [1.54, 1.807) is 48.8 Å². The number of aliphatic hydroxyl groups excluding tert-OH is 1. The van der Waals surface area contributed by atoms with Gasteiger partial charge in [-0.2, -0.15) is 0 Å². The molecule has 1 amide bonds. The number of hydrogen-bond donors (Lipinski definition) is 1. The standard InChI is InChI=1S/C25H20Cl2N2O3/c1-14-5-6-18(10-15(14)2)23(30)21-22(17-7-8-19(26)20(27)11-17)29(25(32)24(21)31)13-16-4-3-9-28-12-16/h3-12,22,30H,13H2,1-2H3/b23-21-. The predicted molar refractivity (Wildman–Crippen MR) is 124 cm³/mol. The fraction of sp³-hybridized carbons (Fsp3) is 0.160. The van der Waals surface area contributed by atoms with Crippen LogP contribution in [0.4, 0.5) is 0 Å². The van der Waals surface area contributed by atoms with Gasteiger partial charge in [0.15, 0.2) is 0 Å². The minimum atomic E-state index is -0.827. The van der Waals surface area contributed by atoms with E-state index in [9.17, 15) is 14.7 Å². The van der Waals surface area contributed by atoms with Gasteiger partial charge in [-0.15, -0.1) is 0 Å². The molecule has 1 aliphatic rings. The quantitative estimate of drug-likeness (QED) is 0.307. The third kappa shape index (κ3) is 4.01. The molecule has 3 aromatic rings. The Kier molecular flexibility index (Phi) is 6.04. The van der Waals surface area contributed by atoms with E-state index in [0.717, 1.165) is 16.7 Å². The van der Waals surface area contributed by atoms with Crippen LogP contribution in [0.15, 0.2) is 66.5 Å². The summed E-state index contributed by atoms with van der Waals surface area (Å²) in [7, 11) is 0. The van der Waals surface area contributed by atoms with E-state index in [1.165, 1.54) is 4.90 Å². The third-order valence-corrected chi connectivity index (χ3v) is 6.39. The summed E-state index contributed by atoms with van der Waals surface area (Å²) < 4.78 is 0. The van der Waals surface area contributed by atoms with Crippen LogP contribution in [-0.4, -0.2) is 26.7 Å². The van der Waals surface area contributed by atoms with Crippen LogP contribution in [0.25, 0.3) is 5.76 Å². The van der Waals surface area contributed by atoms with Gasteiger partial charge in [0.1, 0.15) is 5.76 Å². The van der Waals surface area contributed by atoms with Crippen molar-refractivity contribution in [2.45, 2.75) is 26.4 Å². The van der Waals surface area contributed by atoms with Crippen LogP contribution in [0, 0.1) is 13.8 Å². The van der Waals surface area contributed by atoms with Crippen molar-refractivity contribution in [3.8, 4) is 0 Å². The normalized spacial score (nSPS) is 17.8. The Balaban J connectivity index is 1.90. The van der Waals surface area contributed by atoms with Crippen LogP contribution in [0.3, 0.4) is 0 Å². The van der Waals surface area contributed by atoms with Crippen molar-refractivity contribution in [1.82, 2.24) is 9.88 Å². The van der Waals surface area contributed by atoms with Crippen LogP contribution >= 0.6 is 23.2 Å². The molecule has 0 aliphatic carbocycles. The number of carbonyl (C=O) groups excluding carboxylic acids is 2. The molecule has 2 heterocycles. The van der Waals surface area contributed by atoms with Crippen LogP contribution in [-0.2, 0) is 16.1 Å². The lowest BCUT2D eigenvalue weighted by Crippen LogP contribution is -2.29. The van der Waals surface area contributed by atoms with Gasteiger partial charge in [-0.05, 0) is 60.4 Å². The maximum absolute atomic E-state index is 13.1. The monoisotopic (exact) mass is 466 g/mol. The molecule has 1 saturated heterocycles. The van der Waals surface area contributed by atoms with Gasteiger partial charge >= 0.3 is 0 Å². The molecule has 1 aliphatic heterocycles. The molecule has 0 radical (unpaired) electrons. The van der Waals surface area contributed by atoms with Gasteiger partial charge in [0.2, 0.25) is 0 Å². The Morgan fingerprint density at radius 1 is 1.03 bits per heavy atom. The molecule has 1 fully saturated rings. The summed E-state index contributed by atoms with van der Waals surface area (Å²) >= 11 is 12.3. The second kappa shape index (κ2) is 8.77. The molecule has 32 heavy (non-hydrogen) atoms. The maximum Gasteiger partial charge on any atom is 0.295 e. The van der Waals surface area contributed by atoms with E-state index in [1.807, 2.05) is 26.0 Å². The molecule has 0 spiro atoms. The summed E-state index contributed by atoms with van der Waals surface area (Å²) in [4.78, 5) is 31.7. The smallest absolute Gasteiger partial charge is 0.295 e. The average molecular weight is 467 g/mol. The second-order valence-electron chi connectivity index (χ2n) is 7.76. The molecule has 2 aromatic carbocycles. The van der Waals surface area contributed by atoms with Crippen LogP contribution < -0.4 is 0 Å². The zero-order valence-corrected chi connectivity index (χ0v) is 19.0. The summed E-state index contributed by atoms with van der Waals surface area (Å²) in [6, 6.07) is 13.1. The van der Waals surface area contributed by atoms with E-state index in [4.69, 9.17) is 23.2 Å². The second-order valence-corrected chi connectivity index (χ2v) is 8.58. The Bertz CT molecular complexity index is 1260. The van der Waals surface area contributed by atoms with Gasteiger partial charge < -0.3 is 10.0 Å². The molecule has 1 aromatic heterocycles. The highest BCUT2D eigenvalue weighted by Gasteiger charge is 2.46. The first-order valence-corrected chi connectivity index (χ1v) is 10.7. The minimum Gasteiger partial charge on any atom is -0.507 e. The lowest BCUT2D eigenvalue weighted by Gasteiger charge is -2.25. The zero-order valence-electron chi connectivity index (χ0n) is 17.5. The van der Waals surface area contributed by atoms with Crippen molar-refractivity contribution in [2.75, 3.05) is 0 Å². The number of aliphatic hydroxyl groups is 1. The van der Waals surface area contributed by atoms with Crippen LogP contribution in [0.2, 0.25) is 10.0 Å². The highest BCUT2D eigenvalue weighted by Crippen LogP contribution is 2.41. The molecule has 4 rings (SSSR count). The Morgan fingerprint density at radius 3 is 2.47 bits per heavy atom. The number of ketones is 1. The lowest BCUT2D eigenvalue weighted by molar-refractivity contribution is -0.140. The number of rotatable bonds is 4. The number of likely N-dealkylation sites (tertiary alicyclic amines) is 1. The topological polar surface area (TPSA) is 70.5 Å². The van der Waals surface area contributed by atoms with Crippen molar-refractivity contribution in [3.05, 3.63) is 104 Å². The largest absolute Gasteiger partial charge is 0.507 e. The minimum absolute atomic E-state index is 0.0144. The lowest BCUT2D eigenvalue weighted by atomic mass is 9.94. The Labute approximate surface area is 195 Å². The number of Topliss-reactive ketones (excluding diaryl/α,β-unsaturated/α-hetero) is 1. The van der Waals surface area contributed by atoms with Crippen molar-refractivity contribution in [2.24, 2.45) is 0 Å². The van der Waals surface area contributed by atoms with Gasteiger partial charge in [-0.25, -0.2) is 0 Å². The molecule has 0 saturated carbocycles. The molecular formula is C25H20Cl2N2O3. The summed E-state index contributed by atoms with van der Waals surface area (Å²) in [5.41, 5.74) is 3.83. The third-order valence-electron chi connectivity index (χ3n) is 5.66. The van der Waals surface area contributed by atoms with E-state index >= 15 is 0 Å². The SMILES string of the molecule is Cc1ccc(/C(O)=C2/C(=O)C(=O)N(Cc3cccnc3)C2c2ccc(Cl)c(Cl)c2)cc1C. The van der Waals surface area contributed by atoms with Gasteiger partial charge in [-0.1, -0.05) is 47.5 Å². The highest BCUT2D eigenvalue weighted by molar-refractivity contribution is 6.46. The molecule has 7 heteroatoms. The first-order chi connectivity index (χ1) is 15.3. The van der Waals surface area contributed by atoms with Crippen LogP contribution in [0.1, 0.15) is 33.9 Å². The van der Waals surface area contributed by atoms with E-state index in [0.29, 0.717) is 21.2 Å². The molecule has 1 atom stereocenters. The van der Waals surface area contributed by atoms with E-state index < -0.39 is 17.7 Å². The number of nitrogens with zero attached hydrogens (tertiary/aromatic N) is 2. The molecule has 162 valence electrons. The molecule has 1 N–H and O–H groups in total. The predicted octanol–water partition coefficient (Wildman–Crippen LogP) is 5.63. The zero-order chi connectivity index (χ0) is 23.0. The molecule has 1 unspecified atom stereocenters. The Morgan fingerprint density at radius 2 is 1.81 bits per heavy atom. The molecular weight excluding hydrogens is 447 g/mol. The van der Waals surface area contributed by atoms with Gasteiger partial charge in [0.05, 0.1) is 21.7 Å². The number of amides is 1. The van der Waals surface area contributed by atoms with Crippen molar-refractivity contribution >= 4 is 40.7 Å². The summed E-state index contributed by atoms with van der Waals surface area (Å²) in [5.74, 6) is -1.67. The number of carbonyl (C=O) groups is 2. The summed E-state index contributed by atoms with van der Waals surface area (Å²) in [6.45, 7) is 4.03. The first-order valence-electron chi connectivity index (χ1n) is 9.98. The summed E-state index contributed by atoms with van der Waals surface area (Å²) in [6.07, 6.45) is 3.27. The average Bonchev–Trinajstić information content (AvgIpc) is 3.02. The van der Waals surface area contributed by atoms with Crippen molar-refractivity contribution in [1.29, 1.82) is 0 Å². The maximum atomic E-state index is 13.1. The fourth-order valence-electron chi connectivity index (χ4n) is 3.80. The fourth-order valence-corrected chi connectivity index (χ4v) is 4.11. The molecule has 5 nitrogen and oxygen atoms in total. The number of benzene rings is 2. The number of pyridine rings is 1. The summed E-state index contributed by atoms with van der Waals surface area (Å²) in [5, 5.41) is 11.8. The van der Waals surface area contributed by atoms with Gasteiger partial charge in [0.25, 0.3) is 11.7 Å². The van der Waals surface area contributed by atoms with E-state index in [-0.39, 0.29) is 17.9 Å². The van der Waals surface area contributed by atoms with Crippen LogP contribution in [0.5, 0.6) is 0 Å². The number of halogens is 2. The first kappa shape index (κ1) is 22.1. The number of hydrogen-bond acceptors (Lipinski definition) is 4. The molecule has 0 bridgehead atoms. The van der Waals surface area contributed by atoms with Gasteiger partial charge in [0, 0.05) is 24.5 Å². The number of aromatic nitrogens is 1.